The van der Waals surface area contributed by atoms with Gasteiger partial charge in [-0.3, -0.25) is 10.1 Å². The highest BCUT2D eigenvalue weighted by atomic mass is 79.9. The average molecular weight is 330 g/mol. The minimum absolute atomic E-state index is 0.144. The van der Waals surface area contributed by atoms with Crippen LogP contribution >= 0.6 is 15.9 Å². The maximum absolute atomic E-state index is 10.8. The first kappa shape index (κ1) is 15.9. The molecule has 0 atom stereocenters. The van der Waals surface area contributed by atoms with E-state index in [-0.39, 0.29) is 10.6 Å². The lowest BCUT2D eigenvalue weighted by atomic mass is 10.2. The first-order valence-electron chi connectivity index (χ1n) is 6.25. The van der Waals surface area contributed by atoms with E-state index in [0.717, 1.165) is 36.1 Å². The van der Waals surface area contributed by atoms with Gasteiger partial charge in [0.1, 0.15) is 0 Å². The third-order valence-electron chi connectivity index (χ3n) is 2.83. The van der Waals surface area contributed by atoms with E-state index < -0.39 is 0 Å². The molecule has 1 aromatic carbocycles. The topological polar surface area (TPSA) is 58.4 Å². The Hall–Kier alpha value is -1.14. The number of nitrogens with one attached hydrogen (secondary N) is 1. The number of hydrogen-bond acceptors (Lipinski definition) is 4. The molecule has 0 saturated carbocycles. The number of benzene rings is 1. The van der Waals surface area contributed by atoms with Crippen molar-refractivity contribution in [3.05, 3.63) is 32.3 Å². The third kappa shape index (κ3) is 5.16. The van der Waals surface area contributed by atoms with E-state index in [1.165, 1.54) is 0 Å². The summed E-state index contributed by atoms with van der Waals surface area (Å²) in [5.74, 6) is 0. The zero-order valence-electron chi connectivity index (χ0n) is 11.6. The third-order valence-corrected chi connectivity index (χ3v) is 3.49. The van der Waals surface area contributed by atoms with Gasteiger partial charge in [0, 0.05) is 28.3 Å². The first-order chi connectivity index (χ1) is 8.91. The molecule has 5 nitrogen and oxygen atoms in total. The maximum Gasteiger partial charge on any atom is 0.273 e. The van der Waals surface area contributed by atoms with Crippen molar-refractivity contribution >= 4 is 27.3 Å². The summed E-state index contributed by atoms with van der Waals surface area (Å²) >= 11 is 3.37. The van der Waals surface area contributed by atoms with E-state index in [4.69, 9.17) is 0 Å². The van der Waals surface area contributed by atoms with Crippen molar-refractivity contribution < 1.29 is 4.92 Å². The Morgan fingerprint density at radius 2 is 2.05 bits per heavy atom. The van der Waals surface area contributed by atoms with Gasteiger partial charge in [-0.25, -0.2) is 0 Å². The van der Waals surface area contributed by atoms with Crippen LogP contribution in [0.1, 0.15) is 18.4 Å². The van der Waals surface area contributed by atoms with E-state index in [0.29, 0.717) is 5.56 Å². The largest absolute Gasteiger partial charge is 0.384 e. The molecule has 0 radical (unpaired) electrons. The summed E-state index contributed by atoms with van der Waals surface area (Å²) in [7, 11) is 4.12. The summed E-state index contributed by atoms with van der Waals surface area (Å²) < 4.78 is 0.734. The SMILES string of the molecule is Cc1cc(NCCCCN(C)C)c(Br)cc1[N+](=O)[O-]. The number of rotatable bonds is 7. The molecule has 0 fully saturated rings. The second-order valence-electron chi connectivity index (χ2n) is 4.81. The zero-order valence-corrected chi connectivity index (χ0v) is 13.2. The fourth-order valence-electron chi connectivity index (χ4n) is 1.78. The number of halogens is 1. The minimum Gasteiger partial charge on any atom is -0.384 e. The van der Waals surface area contributed by atoms with Gasteiger partial charge in [0.25, 0.3) is 5.69 Å². The van der Waals surface area contributed by atoms with Crippen LogP contribution in [0.4, 0.5) is 11.4 Å². The van der Waals surface area contributed by atoms with E-state index in [1.807, 2.05) is 6.07 Å². The molecule has 1 rings (SSSR count). The molecule has 0 spiro atoms. The van der Waals surface area contributed by atoms with Gasteiger partial charge >= 0.3 is 0 Å². The smallest absolute Gasteiger partial charge is 0.273 e. The first-order valence-corrected chi connectivity index (χ1v) is 7.04. The molecule has 0 bridgehead atoms. The van der Waals surface area contributed by atoms with Crippen LogP contribution in [-0.4, -0.2) is 37.0 Å². The molecule has 0 aliphatic carbocycles. The molecule has 19 heavy (non-hydrogen) atoms. The van der Waals surface area contributed by atoms with Crippen LogP contribution < -0.4 is 5.32 Å². The molecule has 1 N–H and O–H groups in total. The van der Waals surface area contributed by atoms with Crippen molar-refractivity contribution in [1.82, 2.24) is 4.90 Å². The van der Waals surface area contributed by atoms with Crippen LogP contribution in [0.15, 0.2) is 16.6 Å². The minimum atomic E-state index is -0.360. The van der Waals surface area contributed by atoms with Gasteiger partial charge in [-0.1, -0.05) is 0 Å². The highest BCUT2D eigenvalue weighted by Gasteiger charge is 2.13. The Morgan fingerprint density at radius 3 is 2.63 bits per heavy atom. The second-order valence-corrected chi connectivity index (χ2v) is 5.67. The molecule has 0 amide bonds. The Kier molecular flexibility index (Phi) is 6.24. The molecule has 0 saturated heterocycles. The van der Waals surface area contributed by atoms with Crippen molar-refractivity contribution in [1.29, 1.82) is 0 Å². The fourth-order valence-corrected chi connectivity index (χ4v) is 2.25. The molecule has 0 aromatic heterocycles. The van der Waals surface area contributed by atoms with E-state index >= 15 is 0 Å². The molecule has 6 heteroatoms. The van der Waals surface area contributed by atoms with Crippen LogP contribution in [0.5, 0.6) is 0 Å². The molecule has 0 aliphatic heterocycles. The van der Waals surface area contributed by atoms with Gasteiger partial charge in [-0.2, -0.15) is 0 Å². The van der Waals surface area contributed by atoms with E-state index in [9.17, 15) is 10.1 Å². The van der Waals surface area contributed by atoms with Gasteiger partial charge in [0.05, 0.1) is 4.92 Å². The van der Waals surface area contributed by atoms with Gasteiger partial charge in [0.2, 0.25) is 0 Å². The van der Waals surface area contributed by atoms with Crippen LogP contribution in [0.25, 0.3) is 0 Å². The molecule has 0 heterocycles. The summed E-state index contributed by atoms with van der Waals surface area (Å²) in [6, 6.07) is 3.37. The normalized spacial score (nSPS) is 10.8. The Labute approximate surface area is 122 Å². The van der Waals surface area contributed by atoms with Gasteiger partial charge < -0.3 is 10.2 Å². The number of hydrogen-bond donors (Lipinski definition) is 1. The standard InChI is InChI=1S/C13H20BrN3O2/c1-10-8-12(11(14)9-13(10)17(18)19)15-6-4-5-7-16(2)3/h8-9,15H,4-7H2,1-3H3. The van der Waals surface area contributed by atoms with Gasteiger partial charge in [-0.05, 0) is 62.4 Å². The van der Waals surface area contributed by atoms with Crippen LogP contribution in [-0.2, 0) is 0 Å². The maximum atomic E-state index is 10.8. The Bertz CT molecular complexity index is 450. The number of nitrogens with zero attached hydrogens (tertiary/aromatic N) is 2. The highest BCUT2D eigenvalue weighted by molar-refractivity contribution is 9.10. The lowest BCUT2D eigenvalue weighted by Gasteiger charge is -2.11. The summed E-state index contributed by atoms with van der Waals surface area (Å²) in [6.07, 6.45) is 2.20. The fraction of sp³-hybridized carbons (Fsp3) is 0.538. The quantitative estimate of drug-likeness (QED) is 0.473. The Morgan fingerprint density at radius 1 is 1.37 bits per heavy atom. The summed E-state index contributed by atoms with van der Waals surface area (Å²) in [6.45, 7) is 3.69. The second kappa shape index (κ2) is 7.45. The number of nitro groups is 1. The van der Waals surface area contributed by atoms with Crippen LogP contribution in [0, 0.1) is 17.0 Å². The molecule has 106 valence electrons. The van der Waals surface area contributed by atoms with E-state index in [1.54, 1.807) is 13.0 Å². The molecule has 0 aliphatic rings. The highest BCUT2D eigenvalue weighted by Crippen LogP contribution is 2.30. The number of unbranched alkanes of at least 4 members (excludes halogenated alkanes) is 1. The molecular formula is C13H20BrN3O2. The van der Waals surface area contributed by atoms with Crippen molar-refractivity contribution in [2.75, 3.05) is 32.5 Å². The summed E-state index contributed by atoms with van der Waals surface area (Å²) in [5, 5.41) is 14.1. The molecule has 1 aromatic rings. The van der Waals surface area contributed by atoms with Crippen molar-refractivity contribution in [2.24, 2.45) is 0 Å². The number of aryl methyl sites for hydroxylation is 1. The molecule has 0 unspecified atom stereocenters. The predicted octanol–water partition coefficient (Wildman–Crippen LogP) is 3.42. The Balaban J connectivity index is 2.55. The average Bonchev–Trinajstić information content (AvgIpc) is 2.31. The van der Waals surface area contributed by atoms with Gasteiger partial charge in [-0.15, -0.1) is 0 Å². The summed E-state index contributed by atoms with van der Waals surface area (Å²) in [5.41, 5.74) is 1.72. The lowest BCUT2D eigenvalue weighted by Crippen LogP contribution is -2.14. The van der Waals surface area contributed by atoms with E-state index in [2.05, 4.69) is 40.2 Å². The van der Waals surface area contributed by atoms with Crippen molar-refractivity contribution in [2.45, 2.75) is 19.8 Å². The monoisotopic (exact) mass is 329 g/mol. The molecular weight excluding hydrogens is 310 g/mol. The number of anilines is 1. The predicted molar refractivity (Wildman–Crippen MR) is 81.8 cm³/mol. The van der Waals surface area contributed by atoms with Crippen molar-refractivity contribution in [3.63, 3.8) is 0 Å². The lowest BCUT2D eigenvalue weighted by molar-refractivity contribution is -0.385. The van der Waals surface area contributed by atoms with Gasteiger partial charge in [0.15, 0.2) is 0 Å². The zero-order chi connectivity index (χ0) is 14.4. The van der Waals surface area contributed by atoms with Crippen molar-refractivity contribution in [3.8, 4) is 0 Å². The number of nitro benzene ring substituents is 1. The summed E-state index contributed by atoms with van der Waals surface area (Å²) in [4.78, 5) is 12.6. The van der Waals surface area contributed by atoms with Crippen LogP contribution in [0.2, 0.25) is 0 Å². The van der Waals surface area contributed by atoms with Crippen LogP contribution in [0.3, 0.4) is 0 Å².